The molecule has 1 aromatic heterocycles. The van der Waals surface area contributed by atoms with E-state index in [1.165, 1.54) is 0 Å². The van der Waals surface area contributed by atoms with Crippen molar-refractivity contribution >= 4 is 12.1 Å². The molecule has 3 aliphatic heterocycles. The summed E-state index contributed by atoms with van der Waals surface area (Å²) >= 11 is 0. The van der Waals surface area contributed by atoms with Gasteiger partial charge in [-0.1, -0.05) is 0 Å². The van der Waals surface area contributed by atoms with Gasteiger partial charge in [0.2, 0.25) is 12.0 Å². The van der Waals surface area contributed by atoms with E-state index in [1.807, 2.05) is 11.0 Å². The molecule has 4 rings (SSSR count). The van der Waals surface area contributed by atoms with Crippen molar-refractivity contribution < 1.29 is 4.79 Å². The van der Waals surface area contributed by atoms with Crippen LogP contribution in [0, 0.1) is 0 Å². The van der Waals surface area contributed by atoms with Crippen LogP contribution in [0.25, 0.3) is 0 Å². The molecule has 3 aliphatic rings. The maximum atomic E-state index is 11.2. The quantitative estimate of drug-likeness (QED) is 0.700. The first-order valence-corrected chi connectivity index (χ1v) is 5.44. The number of hydrogen-bond donors (Lipinski definition) is 1. The number of piperazine rings is 1. The zero-order valence-corrected chi connectivity index (χ0v) is 8.80. The summed E-state index contributed by atoms with van der Waals surface area (Å²) < 4.78 is 0. The Morgan fingerprint density at radius 2 is 2.12 bits per heavy atom. The van der Waals surface area contributed by atoms with Gasteiger partial charge in [-0.3, -0.25) is 9.59 Å². The smallest absolute Gasteiger partial charge is 0.249 e. The minimum absolute atomic E-state index is 0.0796. The van der Waals surface area contributed by atoms with Gasteiger partial charge in [-0.25, -0.2) is 0 Å². The second-order valence-electron chi connectivity index (χ2n) is 4.41. The summed E-state index contributed by atoms with van der Waals surface area (Å²) in [5.74, 6) is 0. The lowest BCUT2D eigenvalue weighted by Crippen LogP contribution is -2.68. The van der Waals surface area contributed by atoms with Gasteiger partial charge in [-0.15, -0.1) is 0 Å². The van der Waals surface area contributed by atoms with Gasteiger partial charge in [0.05, 0.1) is 12.1 Å². The molecule has 1 amide bonds. The topological polar surface area (TPSA) is 56.4 Å². The predicted octanol–water partition coefficient (Wildman–Crippen LogP) is -0.206. The number of hydrogen-bond acceptors (Lipinski definition) is 3. The Balaban J connectivity index is 1.80. The molecular formula is C11H13N3O2. The van der Waals surface area contributed by atoms with E-state index in [2.05, 4.69) is 9.88 Å². The van der Waals surface area contributed by atoms with E-state index in [0.29, 0.717) is 12.1 Å². The molecule has 0 saturated carbocycles. The van der Waals surface area contributed by atoms with Crippen molar-refractivity contribution in [3.05, 3.63) is 28.7 Å². The van der Waals surface area contributed by atoms with E-state index in [0.717, 1.165) is 31.6 Å². The molecule has 0 spiro atoms. The van der Waals surface area contributed by atoms with Gasteiger partial charge in [0.25, 0.3) is 0 Å². The average Bonchev–Trinajstić information content (AvgIpc) is 2.30. The largest absolute Gasteiger partial charge is 0.367 e. The molecular weight excluding hydrogens is 206 g/mol. The fourth-order valence-electron chi connectivity index (χ4n) is 2.65. The zero-order valence-electron chi connectivity index (χ0n) is 8.80. The highest BCUT2D eigenvalue weighted by Crippen LogP contribution is 2.32. The normalized spacial score (nSPS) is 27.5. The number of rotatable bonds is 2. The van der Waals surface area contributed by atoms with Crippen molar-refractivity contribution in [1.82, 2.24) is 9.88 Å². The van der Waals surface area contributed by atoms with Crippen molar-refractivity contribution in [3.63, 3.8) is 0 Å². The highest BCUT2D eigenvalue weighted by atomic mass is 16.1. The van der Waals surface area contributed by atoms with Crippen molar-refractivity contribution in [3.8, 4) is 0 Å². The summed E-state index contributed by atoms with van der Waals surface area (Å²) in [6, 6.07) is 4.17. The molecule has 16 heavy (non-hydrogen) atoms. The number of nitrogens with zero attached hydrogens (tertiary/aromatic N) is 2. The SMILES string of the molecule is O=CN1[C@@H]2C[C@H]1CN(c1cc[nH]c(=O)c1)C2. The molecule has 4 heterocycles. The maximum absolute atomic E-state index is 11.2. The number of piperidine rings is 1. The molecule has 3 saturated heterocycles. The number of anilines is 1. The first kappa shape index (κ1) is 9.45. The first-order valence-electron chi connectivity index (χ1n) is 5.44. The molecule has 3 fully saturated rings. The predicted molar refractivity (Wildman–Crippen MR) is 59.4 cm³/mol. The van der Waals surface area contributed by atoms with Gasteiger partial charge in [0.1, 0.15) is 0 Å². The van der Waals surface area contributed by atoms with Gasteiger partial charge in [0.15, 0.2) is 0 Å². The molecule has 0 radical (unpaired) electrons. The Labute approximate surface area is 92.7 Å². The Kier molecular flexibility index (Phi) is 1.99. The molecule has 1 N–H and O–H groups in total. The number of pyridine rings is 1. The summed E-state index contributed by atoms with van der Waals surface area (Å²) in [4.78, 5) is 28.6. The van der Waals surface area contributed by atoms with E-state index >= 15 is 0 Å². The Morgan fingerprint density at radius 1 is 1.38 bits per heavy atom. The van der Waals surface area contributed by atoms with Gasteiger partial charge in [-0.2, -0.15) is 0 Å². The minimum Gasteiger partial charge on any atom is -0.367 e. The van der Waals surface area contributed by atoms with E-state index in [9.17, 15) is 9.59 Å². The third-order valence-corrected chi connectivity index (χ3v) is 3.50. The van der Waals surface area contributed by atoms with E-state index < -0.39 is 0 Å². The van der Waals surface area contributed by atoms with Crippen LogP contribution >= 0.6 is 0 Å². The van der Waals surface area contributed by atoms with Crippen LogP contribution in [0.3, 0.4) is 0 Å². The fraction of sp³-hybridized carbons (Fsp3) is 0.455. The highest BCUT2D eigenvalue weighted by molar-refractivity contribution is 5.55. The number of fused-ring (bicyclic) bond motifs is 2. The second kappa shape index (κ2) is 3.37. The Hall–Kier alpha value is -1.78. The molecule has 5 nitrogen and oxygen atoms in total. The summed E-state index contributed by atoms with van der Waals surface area (Å²) in [5.41, 5.74) is 0.869. The van der Waals surface area contributed by atoms with Crippen molar-refractivity contribution in [2.45, 2.75) is 18.5 Å². The third kappa shape index (κ3) is 1.31. The summed E-state index contributed by atoms with van der Waals surface area (Å²) in [6.07, 6.45) is 3.70. The molecule has 84 valence electrons. The molecule has 1 aromatic rings. The molecule has 2 atom stereocenters. The Morgan fingerprint density at radius 3 is 2.75 bits per heavy atom. The van der Waals surface area contributed by atoms with Crippen LogP contribution in [0.1, 0.15) is 6.42 Å². The van der Waals surface area contributed by atoms with Crippen molar-refractivity contribution in [2.24, 2.45) is 0 Å². The number of amides is 1. The van der Waals surface area contributed by atoms with Crippen LogP contribution < -0.4 is 10.5 Å². The van der Waals surface area contributed by atoms with Crippen LogP contribution in [0.15, 0.2) is 23.1 Å². The first-order chi connectivity index (χ1) is 7.78. The van der Waals surface area contributed by atoms with Crippen molar-refractivity contribution in [1.29, 1.82) is 0 Å². The number of carbonyl (C=O) groups excluding carboxylic acids is 1. The zero-order chi connectivity index (χ0) is 11.1. The van der Waals surface area contributed by atoms with E-state index in [1.54, 1.807) is 12.3 Å². The van der Waals surface area contributed by atoms with Gasteiger partial charge in [-0.05, 0) is 12.5 Å². The van der Waals surface area contributed by atoms with Crippen molar-refractivity contribution in [2.75, 3.05) is 18.0 Å². The summed E-state index contributed by atoms with van der Waals surface area (Å²) in [6.45, 7) is 1.66. The molecule has 0 aliphatic carbocycles. The van der Waals surface area contributed by atoms with Gasteiger partial charge >= 0.3 is 0 Å². The highest BCUT2D eigenvalue weighted by Gasteiger charge is 2.43. The summed E-state index contributed by atoms with van der Waals surface area (Å²) in [7, 11) is 0. The van der Waals surface area contributed by atoms with Crippen LogP contribution in [0.5, 0.6) is 0 Å². The number of nitrogens with one attached hydrogen (secondary N) is 1. The Bertz CT molecular complexity index is 458. The standard InChI is InChI=1S/C11H13N3O2/c15-7-14-9-3-10(14)6-13(5-9)8-1-2-12-11(16)4-8/h1-2,4,7,9-10H,3,5-6H2,(H,12,16)/t9-,10+. The summed E-state index contributed by atoms with van der Waals surface area (Å²) in [5, 5.41) is 0. The second-order valence-corrected chi connectivity index (χ2v) is 4.41. The van der Waals surface area contributed by atoms with Crippen LogP contribution in [0.2, 0.25) is 0 Å². The lowest BCUT2D eigenvalue weighted by atomic mass is 9.88. The lowest BCUT2D eigenvalue weighted by molar-refractivity contribution is -0.131. The van der Waals surface area contributed by atoms with E-state index in [4.69, 9.17) is 0 Å². The maximum Gasteiger partial charge on any atom is 0.249 e. The third-order valence-electron chi connectivity index (χ3n) is 3.50. The monoisotopic (exact) mass is 219 g/mol. The fourth-order valence-corrected chi connectivity index (χ4v) is 2.65. The molecule has 2 bridgehead atoms. The van der Waals surface area contributed by atoms with Gasteiger partial charge in [0, 0.05) is 31.0 Å². The van der Waals surface area contributed by atoms with Crippen LogP contribution in [-0.2, 0) is 4.79 Å². The van der Waals surface area contributed by atoms with Crippen LogP contribution in [0.4, 0.5) is 5.69 Å². The minimum atomic E-state index is -0.0796. The lowest BCUT2D eigenvalue weighted by Gasteiger charge is -2.55. The van der Waals surface area contributed by atoms with E-state index in [-0.39, 0.29) is 5.56 Å². The number of aromatic nitrogens is 1. The number of aromatic amines is 1. The van der Waals surface area contributed by atoms with Crippen LogP contribution in [-0.4, -0.2) is 41.5 Å². The van der Waals surface area contributed by atoms with Gasteiger partial charge < -0.3 is 14.8 Å². The molecule has 5 heteroatoms. The number of H-pyrrole nitrogens is 1. The average molecular weight is 219 g/mol. The molecule has 0 unspecified atom stereocenters. The molecule has 0 aromatic carbocycles. The number of carbonyl (C=O) groups is 1.